The Hall–Kier alpha value is -1.10. The first-order valence-electron chi connectivity index (χ1n) is 9.11. The number of nitrogens with zero attached hydrogens (tertiary/aromatic N) is 1. The highest BCUT2D eigenvalue weighted by atomic mass is 16.5. The molecule has 5 nitrogen and oxygen atoms in total. The average Bonchev–Trinajstić information content (AvgIpc) is 2.97. The number of hydrogen-bond donors (Lipinski definition) is 1. The normalized spacial score (nSPS) is 42.8. The highest BCUT2D eigenvalue weighted by Gasteiger charge is 2.61. The Labute approximate surface area is 137 Å². The largest absolute Gasteiger partial charge is 0.452 e. The topological polar surface area (TPSA) is 66.8 Å². The van der Waals surface area contributed by atoms with E-state index in [0.717, 1.165) is 58.0 Å². The molecule has 4 bridgehead atoms. The van der Waals surface area contributed by atoms with Crippen molar-refractivity contribution in [2.45, 2.75) is 70.0 Å². The molecule has 4 saturated carbocycles. The Morgan fingerprint density at radius 2 is 1.74 bits per heavy atom. The first-order chi connectivity index (χ1) is 10.9. The van der Waals surface area contributed by atoms with Gasteiger partial charge in [0, 0.05) is 13.1 Å². The van der Waals surface area contributed by atoms with Crippen molar-refractivity contribution in [1.29, 1.82) is 0 Å². The fraction of sp³-hybridized carbons (Fsp3) is 0.889. The van der Waals surface area contributed by atoms with E-state index in [4.69, 9.17) is 4.74 Å². The van der Waals surface area contributed by atoms with Gasteiger partial charge >= 0.3 is 5.97 Å². The van der Waals surface area contributed by atoms with Crippen LogP contribution in [0, 0.1) is 17.3 Å². The second kappa shape index (κ2) is 5.20. The van der Waals surface area contributed by atoms with E-state index in [1.165, 1.54) is 0 Å². The van der Waals surface area contributed by atoms with Gasteiger partial charge in [0.1, 0.15) is 0 Å². The summed E-state index contributed by atoms with van der Waals surface area (Å²) in [5, 5.41) is 10.7. The van der Waals surface area contributed by atoms with Crippen LogP contribution in [0.3, 0.4) is 0 Å². The van der Waals surface area contributed by atoms with E-state index >= 15 is 0 Å². The van der Waals surface area contributed by atoms with Gasteiger partial charge in [0.25, 0.3) is 5.91 Å². The Morgan fingerprint density at radius 1 is 1.13 bits per heavy atom. The molecule has 5 heteroatoms. The van der Waals surface area contributed by atoms with E-state index in [-0.39, 0.29) is 11.9 Å². The minimum Gasteiger partial charge on any atom is -0.452 e. The number of amides is 1. The third kappa shape index (κ3) is 2.57. The Morgan fingerprint density at radius 3 is 2.30 bits per heavy atom. The number of ether oxygens (including phenoxy) is 1. The number of esters is 1. The Kier molecular flexibility index (Phi) is 3.49. The van der Waals surface area contributed by atoms with Crippen molar-refractivity contribution in [2.24, 2.45) is 17.3 Å². The van der Waals surface area contributed by atoms with Crippen molar-refractivity contribution in [2.75, 3.05) is 13.1 Å². The van der Waals surface area contributed by atoms with Crippen molar-refractivity contribution in [3.8, 4) is 0 Å². The highest BCUT2D eigenvalue weighted by Crippen LogP contribution is 2.62. The molecule has 1 amide bonds. The summed E-state index contributed by atoms with van der Waals surface area (Å²) in [5.41, 5.74) is -1.22. The molecule has 1 heterocycles. The monoisotopic (exact) mass is 321 g/mol. The van der Waals surface area contributed by atoms with Crippen LogP contribution in [-0.4, -0.2) is 46.7 Å². The maximum atomic E-state index is 12.9. The summed E-state index contributed by atoms with van der Waals surface area (Å²) in [6.45, 7) is 3.24. The lowest BCUT2D eigenvalue weighted by Crippen LogP contribution is -2.59. The molecular formula is C18H27NO4. The summed E-state index contributed by atoms with van der Waals surface area (Å²) in [6.07, 6.45) is 6.35. The number of likely N-dealkylation sites (tertiary alicyclic amines) is 1. The van der Waals surface area contributed by atoms with Gasteiger partial charge in [0.05, 0.1) is 11.0 Å². The van der Waals surface area contributed by atoms with Gasteiger partial charge < -0.3 is 14.7 Å². The molecule has 3 atom stereocenters. The van der Waals surface area contributed by atoms with Crippen molar-refractivity contribution in [1.82, 2.24) is 4.90 Å². The molecule has 1 saturated heterocycles. The second-order valence-corrected chi connectivity index (χ2v) is 8.55. The smallest absolute Gasteiger partial charge is 0.312 e. The van der Waals surface area contributed by atoms with Gasteiger partial charge in [0.2, 0.25) is 0 Å². The maximum absolute atomic E-state index is 12.9. The molecular weight excluding hydrogens is 294 g/mol. The van der Waals surface area contributed by atoms with Crippen LogP contribution < -0.4 is 0 Å². The van der Waals surface area contributed by atoms with Gasteiger partial charge in [-0.15, -0.1) is 0 Å². The molecule has 0 radical (unpaired) electrons. The fourth-order valence-electron chi connectivity index (χ4n) is 5.98. The number of hydrogen-bond acceptors (Lipinski definition) is 4. The zero-order valence-corrected chi connectivity index (χ0v) is 13.9. The van der Waals surface area contributed by atoms with E-state index in [2.05, 4.69) is 0 Å². The highest BCUT2D eigenvalue weighted by molar-refractivity contribution is 5.85. The lowest BCUT2D eigenvalue weighted by atomic mass is 9.48. The minimum absolute atomic E-state index is 0.0701. The maximum Gasteiger partial charge on any atom is 0.312 e. The summed E-state index contributed by atoms with van der Waals surface area (Å²) in [4.78, 5) is 27.0. The van der Waals surface area contributed by atoms with Crippen LogP contribution in [0.4, 0.5) is 0 Å². The van der Waals surface area contributed by atoms with Gasteiger partial charge in [0.15, 0.2) is 6.10 Å². The molecule has 1 N–H and O–H groups in total. The molecule has 0 aromatic rings. The van der Waals surface area contributed by atoms with Crippen LogP contribution in [-0.2, 0) is 14.3 Å². The van der Waals surface area contributed by atoms with Crippen LogP contribution in [0.2, 0.25) is 0 Å². The predicted molar refractivity (Wildman–Crippen MR) is 83.4 cm³/mol. The first kappa shape index (κ1) is 15.4. The lowest BCUT2D eigenvalue weighted by molar-refractivity contribution is -0.200. The standard InChI is InChI=1S/C18H27NO4/c1-12(15(20)19-4-2-3-5-19)23-16(21)17-7-13-6-14(8-17)10-18(22,9-13)11-17/h12-14,22H,2-11H2,1H3/t12-,13+,14+,17?,18?/m0/s1. The van der Waals surface area contributed by atoms with Gasteiger partial charge in [-0.3, -0.25) is 9.59 Å². The predicted octanol–water partition coefficient (Wildman–Crippen LogP) is 1.87. The molecule has 0 aromatic carbocycles. The Balaban J connectivity index is 1.45. The summed E-state index contributed by atoms with van der Waals surface area (Å²) in [5.74, 6) is 0.571. The molecule has 128 valence electrons. The molecule has 4 aliphatic carbocycles. The average molecular weight is 321 g/mol. The van der Waals surface area contributed by atoms with Crippen LogP contribution >= 0.6 is 0 Å². The van der Waals surface area contributed by atoms with Gasteiger partial charge in [-0.2, -0.15) is 0 Å². The minimum atomic E-state index is -0.705. The quantitative estimate of drug-likeness (QED) is 0.806. The van der Waals surface area contributed by atoms with Crippen LogP contribution in [0.25, 0.3) is 0 Å². The molecule has 5 rings (SSSR count). The van der Waals surface area contributed by atoms with E-state index in [0.29, 0.717) is 18.3 Å². The van der Waals surface area contributed by atoms with Crippen molar-refractivity contribution in [3.05, 3.63) is 0 Å². The molecule has 0 spiro atoms. The van der Waals surface area contributed by atoms with Gasteiger partial charge in [-0.25, -0.2) is 0 Å². The number of carbonyl (C=O) groups is 2. The summed E-state index contributed by atoms with van der Waals surface area (Å²) < 4.78 is 5.61. The lowest BCUT2D eigenvalue weighted by Gasteiger charge is -2.58. The van der Waals surface area contributed by atoms with Gasteiger partial charge in [-0.05, 0) is 70.1 Å². The third-order valence-electron chi connectivity index (χ3n) is 6.51. The summed E-state index contributed by atoms with van der Waals surface area (Å²) >= 11 is 0. The zero-order valence-electron chi connectivity index (χ0n) is 13.9. The van der Waals surface area contributed by atoms with Crippen LogP contribution in [0.15, 0.2) is 0 Å². The van der Waals surface area contributed by atoms with E-state index < -0.39 is 17.1 Å². The van der Waals surface area contributed by atoms with E-state index in [1.54, 1.807) is 11.8 Å². The van der Waals surface area contributed by atoms with Crippen molar-refractivity contribution < 1.29 is 19.4 Å². The van der Waals surface area contributed by atoms with Crippen LogP contribution in [0.5, 0.6) is 0 Å². The third-order valence-corrected chi connectivity index (χ3v) is 6.51. The molecule has 5 aliphatic rings. The van der Waals surface area contributed by atoms with E-state index in [9.17, 15) is 14.7 Å². The van der Waals surface area contributed by atoms with Crippen molar-refractivity contribution >= 4 is 11.9 Å². The molecule has 1 aliphatic heterocycles. The molecule has 23 heavy (non-hydrogen) atoms. The van der Waals surface area contributed by atoms with Crippen LogP contribution in [0.1, 0.15) is 58.3 Å². The van der Waals surface area contributed by atoms with Gasteiger partial charge in [-0.1, -0.05) is 0 Å². The SMILES string of the molecule is C[C@H](OC(=O)C12C[C@H]3C[C@@H](CC(O)(C3)C1)C2)C(=O)N1CCCC1. The molecule has 0 unspecified atom stereocenters. The molecule has 5 fully saturated rings. The summed E-state index contributed by atoms with van der Waals surface area (Å²) in [7, 11) is 0. The second-order valence-electron chi connectivity index (χ2n) is 8.55. The zero-order chi connectivity index (χ0) is 16.2. The Bertz CT molecular complexity index is 511. The fourth-order valence-corrected chi connectivity index (χ4v) is 5.98. The first-order valence-corrected chi connectivity index (χ1v) is 9.11. The van der Waals surface area contributed by atoms with Crippen molar-refractivity contribution in [3.63, 3.8) is 0 Å². The number of rotatable bonds is 3. The number of aliphatic hydroxyl groups is 1. The van der Waals surface area contributed by atoms with E-state index in [1.807, 2.05) is 0 Å². The number of carbonyl (C=O) groups excluding carboxylic acids is 2. The summed E-state index contributed by atoms with van der Waals surface area (Å²) in [6, 6.07) is 0. The molecule has 0 aromatic heterocycles.